The lowest BCUT2D eigenvalue weighted by atomic mass is 9.83. The fourth-order valence-electron chi connectivity index (χ4n) is 6.48. The Balaban J connectivity index is 1.59. The van der Waals surface area contributed by atoms with Crippen LogP contribution in [0.25, 0.3) is 44.8 Å². The van der Waals surface area contributed by atoms with Gasteiger partial charge in [-0.1, -0.05) is 84.0 Å². The quantitative estimate of drug-likeness (QED) is 0.212. The standard InChI is InChI=1S/C40H42O4/c1-25(2)13-11-21-39(5)23-19-31-33(35(41)27-15-7-9-17-29(27)37(31)43-39)34-32-20-24-40(6,22-12-14-26(3)4)44-38(32)30-18-10-8-16-28(30)36(34)42/h7-10,13-20,23-24,41-42H,11-12,21-22H2,1-6H3. The number of rotatable bonds is 7. The molecule has 4 heteroatoms. The summed E-state index contributed by atoms with van der Waals surface area (Å²) >= 11 is 0. The van der Waals surface area contributed by atoms with Crippen molar-refractivity contribution in [3.63, 3.8) is 0 Å². The molecule has 2 N–H and O–H groups in total. The van der Waals surface area contributed by atoms with Gasteiger partial charge in [-0.05, 0) is 79.4 Å². The maximum absolute atomic E-state index is 12.0. The average molecular weight is 587 g/mol. The lowest BCUT2D eigenvalue weighted by Gasteiger charge is -2.35. The summed E-state index contributed by atoms with van der Waals surface area (Å²) in [7, 11) is 0. The van der Waals surface area contributed by atoms with Crippen molar-refractivity contribution in [1.29, 1.82) is 0 Å². The molecule has 2 heterocycles. The summed E-state index contributed by atoms with van der Waals surface area (Å²) in [5, 5.41) is 27.0. The molecule has 4 aromatic carbocycles. The minimum Gasteiger partial charge on any atom is -0.507 e. The average Bonchev–Trinajstić information content (AvgIpc) is 2.99. The van der Waals surface area contributed by atoms with Crippen LogP contribution < -0.4 is 9.47 Å². The third kappa shape index (κ3) is 5.27. The van der Waals surface area contributed by atoms with Crippen LogP contribution in [0.1, 0.15) is 78.4 Å². The Morgan fingerprint density at radius 1 is 0.614 bits per heavy atom. The first-order chi connectivity index (χ1) is 21.0. The van der Waals surface area contributed by atoms with Gasteiger partial charge in [-0.15, -0.1) is 0 Å². The summed E-state index contributed by atoms with van der Waals surface area (Å²) < 4.78 is 13.7. The number of phenolic OH excluding ortho intramolecular Hbond substituents is 2. The SMILES string of the molecule is CC(C)=CCCC1(C)C=Cc2c(-c3c4c(c5ccccc5c3O)OC(C)(CCC=C(C)C)C=C4)c(O)c3ccccc3c2O1. The van der Waals surface area contributed by atoms with E-state index in [4.69, 9.17) is 9.47 Å². The number of phenols is 2. The molecule has 0 bridgehead atoms. The highest BCUT2D eigenvalue weighted by molar-refractivity contribution is 6.11. The second kappa shape index (κ2) is 11.2. The third-order valence-corrected chi connectivity index (χ3v) is 8.87. The Kier molecular flexibility index (Phi) is 7.57. The Morgan fingerprint density at radius 2 is 0.977 bits per heavy atom. The van der Waals surface area contributed by atoms with Gasteiger partial charge in [0.2, 0.25) is 0 Å². The van der Waals surface area contributed by atoms with Gasteiger partial charge in [0.25, 0.3) is 0 Å². The predicted molar refractivity (Wildman–Crippen MR) is 184 cm³/mol. The van der Waals surface area contributed by atoms with E-state index in [-0.39, 0.29) is 11.5 Å². The molecule has 0 radical (unpaired) electrons. The summed E-state index contributed by atoms with van der Waals surface area (Å²) in [5.41, 5.74) is 4.12. The molecule has 0 amide bonds. The van der Waals surface area contributed by atoms with Crippen LogP contribution in [-0.4, -0.2) is 21.4 Å². The first-order valence-corrected chi connectivity index (χ1v) is 15.6. The van der Waals surface area contributed by atoms with Gasteiger partial charge in [0, 0.05) is 43.8 Å². The molecule has 4 aromatic rings. The Hall–Kier alpha value is -4.44. The first kappa shape index (κ1) is 29.6. The zero-order valence-electron chi connectivity index (χ0n) is 26.6. The van der Waals surface area contributed by atoms with Crippen LogP contribution >= 0.6 is 0 Å². The molecule has 6 rings (SSSR count). The number of aromatic hydroxyl groups is 2. The maximum Gasteiger partial charge on any atom is 0.136 e. The topological polar surface area (TPSA) is 58.9 Å². The van der Waals surface area contributed by atoms with E-state index in [0.717, 1.165) is 47.6 Å². The molecule has 2 atom stereocenters. The fourth-order valence-corrected chi connectivity index (χ4v) is 6.48. The number of benzene rings is 4. The summed E-state index contributed by atoms with van der Waals surface area (Å²) in [4.78, 5) is 0. The summed E-state index contributed by atoms with van der Waals surface area (Å²) in [5.74, 6) is 1.64. The van der Waals surface area contributed by atoms with Crippen molar-refractivity contribution in [3.05, 3.63) is 95.1 Å². The molecule has 0 aliphatic carbocycles. The molecule has 0 aromatic heterocycles. The number of hydrogen-bond acceptors (Lipinski definition) is 4. The Labute approximate surface area is 260 Å². The van der Waals surface area contributed by atoms with Crippen LogP contribution in [0, 0.1) is 0 Å². The molecule has 2 aliphatic rings. The highest BCUT2D eigenvalue weighted by atomic mass is 16.5. The van der Waals surface area contributed by atoms with Crippen molar-refractivity contribution in [3.8, 4) is 34.1 Å². The zero-order chi connectivity index (χ0) is 31.2. The zero-order valence-corrected chi connectivity index (χ0v) is 26.6. The highest BCUT2D eigenvalue weighted by Gasteiger charge is 2.36. The lowest BCUT2D eigenvalue weighted by molar-refractivity contribution is 0.130. The lowest BCUT2D eigenvalue weighted by Crippen LogP contribution is -2.32. The van der Waals surface area contributed by atoms with Crippen LogP contribution in [-0.2, 0) is 0 Å². The Bertz CT molecular complexity index is 1760. The number of hydrogen-bond donors (Lipinski definition) is 2. The summed E-state index contributed by atoms with van der Waals surface area (Å²) in [6.07, 6.45) is 16.2. The molecule has 44 heavy (non-hydrogen) atoms. The van der Waals surface area contributed by atoms with Crippen LogP contribution in [0.5, 0.6) is 23.0 Å². The minimum absolute atomic E-state index is 0.110. The number of ether oxygens (including phenoxy) is 2. The molecule has 2 aliphatic heterocycles. The summed E-state index contributed by atoms with van der Waals surface area (Å²) in [6.45, 7) is 12.6. The molecule has 0 saturated heterocycles. The largest absolute Gasteiger partial charge is 0.507 e. The fraction of sp³-hybridized carbons (Fsp3) is 0.300. The van der Waals surface area contributed by atoms with E-state index in [9.17, 15) is 10.2 Å². The monoisotopic (exact) mass is 586 g/mol. The molecule has 0 saturated carbocycles. The van der Waals surface area contributed by atoms with Crippen molar-refractivity contribution in [2.45, 2.75) is 78.4 Å². The van der Waals surface area contributed by atoms with Crippen molar-refractivity contribution in [1.82, 2.24) is 0 Å². The minimum atomic E-state index is -0.517. The normalized spacial score (nSPS) is 20.0. The van der Waals surface area contributed by atoms with Gasteiger partial charge in [0.05, 0.1) is 0 Å². The molecular weight excluding hydrogens is 544 g/mol. The molecule has 0 spiro atoms. The van der Waals surface area contributed by atoms with Crippen LogP contribution in [0.2, 0.25) is 0 Å². The second-order valence-electron chi connectivity index (χ2n) is 13.2. The molecule has 4 nitrogen and oxygen atoms in total. The van der Waals surface area contributed by atoms with Crippen molar-refractivity contribution in [2.24, 2.45) is 0 Å². The predicted octanol–water partition coefficient (Wildman–Crippen LogP) is 10.9. The second-order valence-corrected chi connectivity index (χ2v) is 13.2. The molecule has 0 fully saturated rings. The van der Waals surface area contributed by atoms with Crippen molar-refractivity contribution >= 4 is 33.7 Å². The van der Waals surface area contributed by atoms with Gasteiger partial charge < -0.3 is 19.7 Å². The summed E-state index contributed by atoms with van der Waals surface area (Å²) in [6, 6.07) is 15.6. The van der Waals surface area contributed by atoms with Crippen molar-refractivity contribution in [2.75, 3.05) is 0 Å². The maximum atomic E-state index is 12.0. The van der Waals surface area contributed by atoms with Gasteiger partial charge in [-0.2, -0.15) is 0 Å². The van der Waals surface area contributed by atoms with Gasteiger partial charge in [-0.25, -0.2) is 0 Å². The number of fused-ring (bicyclic) bond motifs is 6. The van der Waals surface area contributed by atoms with E-state index in [1.165, 1.54) is 11.1 Å². The Morgan fingerprint density at radius 3 is 1.34 bits per heavy atom. The van der Waals surface area contributed by atoms with Crippen LogP contribution in [0.4, 0.5) is 0 Å². The molecule has 2 unspecified atom stereocenters. The molecule has 226 valence electrons. The van der Waals surface area contributed by atoms with E-state index in [2.05, 4.69) is 78.0 Å². The first-order valence-electron chi connectivity index (χ1n) is 15.6. The van der Waals surface area contributed by atoms with E-state index in [0.29, 0.717) is 33.4 Å². The smallest absolute Gasteiger partial charge is 0.136 e. The number of allylic oxidation sites excluding steroid dienone is 4. The van der Waals surface area contributed by atoms with E-state index >= 15 is 0 Å². The third-order valence-electron chi connectivity index (χ3n) is 8.87. The molecular formula is C40H42O4. The van der Waals surface area contributed by atoms with Gasteiger partial charge in [-0.3, -0.25) is 0 Å². The van der Waals surface area contributed by atoms with Gasteiger partial charge >= 0.3 is 0 Å². The van der Waals surface area contributed by atoms with Crippen LogP contribution in [0.3, 0.4) is 0 Å². The highest BCUT2D eigenvalue weighted by Crippen LogP contribution is 2.56. The van der Waals surface area contributed by atoms with E-state index < -0.39 is 11.2 Å². The van der Waals surface area contributed by atoms with E-state index in [1.807, 2.05) is 48.5 Å². The van der Waals surface area contributed by atoms with Gasteiger partial charge in [0.15, 0.2) is 0 Å². The van der Waals surface area contributed by atoms with Crippen molar-refractivity contribution < 1.29 is 19.7 Å². The van der Waals surface area contributed by atoms with E-state index in [1.54, 1.807) is 0 Å². The van der Waals surface area contributed by atoms with Gasteiger partial charge in [0.1, 0.15) is 34.2 Å². The van der Waals surface area contributed by atoms with Crippen LogP contribution in [0.15, 0.2) is 84.0 Å².